The van der Waals surface area contributed by atoms with Gasteiger partial charge in [-0.3, -0.25) is 0 Å². The van der Waals surface area contributed by atoms with E-state index in [1.165, 1.54) is 12.7 Å². The fourth-order valence-electron chi connectivity index (χ4n) is 4.40. The molecule has 1 aliphatic rings. The third-order valence-corrected chi connectivity index (χ3v) is 7.82. The first kappa shape index (κ1) is 27.8. The highest BCUT2D eigenvalue weighted by atomic mass is 79.9. The van der Waals surface area contributed by atoms with Crippen molar-refractivity contribution in [2.45, 2.75) is 6.92 Å². The van der Waals surface area contributed by atoms with Gasteiger partial charge in [-0.05, 0) is 34.6 Å². The summed E-state index contributed by atoms with van der Waals surface area (Å²) in [6.45, 7) is 7.41. The van der Waals surface area contributed by atoms with E-state index >= 15 is 0 Å². The second-order valence-electron chi connectivity index (χ2n) is 8.93. The van der Waals surface area contributed by atoms with Crippen molar-refractivity contribution in [3.63, 3.8) is 0 Å². The lowest BCUT2D eigenvalue weighted by atomic mass is 10.2. The SMILES string of the molecule is CCN1CCN(c2ccc(Nc3cc(-c4cncnc4Nc4c(Cl)c(OC)cc(OC)c4Br)ncn3)nc2)CC1. The van der Waals surface area contributed by atoms with E-state index in [1.54, 1.807) is 26.5 Å². The maximum Gasteiger partial charge on any atom is 0.143 e. The molecule has 0 spiro atoms. The van der Waals surface area contributed by atoms with Crippen LogP contribution in [0.3, 0.4) is 0 Å². The van der Waals surface area contributed by atoms with E-state index in [0.29, 0.717) is 55.4 Å². The maximum atomic E-state index is 6.62. The Labute approximate surface area is 246 Å². The van der Waals surface area contributed by atoms with Crippen molar-refractivity contribution in [3.8, 4) is 22.8 Å². The Kier molecular flexibility index (Phi) is 8.78. The maximum absolute atomic E-state index is 6.62. The number of likely N-dealkylation sites (N-methyl/N-ethyl adjacent to an activating group) is 1. The number of halogens is 2. The van der Waals surface area contributed by atoms with Crippen molar-refractivity contribution in [2.75, 3.05) is 62.5 Å². The third kappa shape index (κ3) is 6.03. The number of piperazine rings is 1. The molecular weight excluding hydrogens is 598 g/mol. The van der Waals surface area contributed by atoms with Crippen LogP contribution in [-0.2, 0) is 0 Å². The van der Waals surface area contributed by atoms with E-state index < -0.39 is 0 Å². The highest BCUT2D eigenvalue weighted by Gasteiger charge is 2.20. The summed E-state index contributed by atoms with van der Waals surface area (Å²) < 4.78 is 11.5. The molecular formula is C27H29BrClN9O2. The van der Waals surface area contributed by atoms with Gasteiger partial charge in [0.1, 0.15) is 46.6 Å². The second-order valence-corrected chi connectivity index (χ2v) is 10.1. The van der Waals surface area contributed by atoms with Gasteiger partial charge in [-0.15, -0.1) is 0 Å². The average Bonchev–Trinajstić information content (AvgIpc) is 3.00. The molecule has 0 aliphatic carbocycles. The first-order valence-electron chi connectivity index (χ1n) is 12.7. The minimum Gasteiger partial charge on any atom is -0.495 e. The van der Waals surface area contributed by atoms with E-state index in [2.05, 4.69) is 74.3 Å². The molecule has 1 aromatic carbocycles. The smallest absolute Gasteiger partial charge is 0.143 e. The predicted molar refractivity (Wildman–Crippen MR) is 160 cm³/mol. The summed E-state index contributed by atoms with van der Waals surface area (Å²) in [5.41, 5.74) is 2.90. The van der Waals surface area contributed by atoms with Gasteiger partial charge in [0.15, 0.2) is 0 Å². The Morgan fingerprint density at radius 1 is 0.900 bits per heavy atom. The highest BCUT2D eigenvalue weighted by Crippen LogP contribution is 2.45. The molecule has 1 saturated heterocycles. The summed E-state index contributed by atoms with van der Waals surface area (Å²) in [6, 6.07) is 7.55. The number of nitrogens with zero attached hydrogens (tertiary/aromatic N) is 7. The van der Waals surface area contributed by atoms with Crippen LogP contribution >= 0.6 is 27.5 Å². The van der Waals surface area contributed by atoms with Gasteiger partial charge >= 0.3 is 0 Å². The van der Waals surface area contributed by atoms with E-state index in [4.69, 9.17) is 21.1 Å². The van der Waals surface area contributed by atoms with E-state index in [9.17, 15) is 0 Å². The van der Waals surface area contributed by atoms with Gasteiger partial charge in [-0.1, -0.05) is 18.5 Å². The third-order valence-electron chi connectivity index (χ3n) is 6.66. The van der Waals surface area contributed by atoms with Gasteiger partial charge in [-0.2, -0.15) is 0 Å². The molecule has 0 unspecified atom stereocenters. The monoisotopic (exact) mass is 625 g/mol. The van der Waals surface area contributed by atoms with E-state index in [-0.39, 0.29) is 0 Å². The predicted octanol–water partition coefficient (Wildman–Crippen LogP) is 5.39. The van der Waals surface area contributed by atoms with Gasteiger partial charge in [0, 0.05) is 44.5 Å². The number of methoxy groups -OCH3 is 2. The molecule has 40 heavy (non-hydrogen) atoms. The first-order valence-corrected chi connectivity index (χ1v) is 13.9. The summed E-state index contributed by atoms with van der Waals surface area (Å²) in [5, 5.41) is 6.91. The lowest BCUT2D eigenvalue weighted by Gasteiger charge is -2.35. The molecule has 5 rings (SSSR count). The van der Waals surface area contributed by atoms with Gasteiger partial charge in [0.2, 0.25) is 0 Å². The largest absolute Gasteiger partial charge is 0.495 e. The average molecular weight is 627 g/mol. The van der Waals surface area contributed by atoms with Crippen molar-refractivity contribution < 1.29 is 9.47 Å². The van der Waals surface area contributed by atoms with E-state index in [1.807, 2.05) is 18.3 Å². The summed E-state index contributed by atoms with van der Waals surface area (Å²) in [4.78, 5) is 26.9. The van der Waals surface area contributed by atoms with E-state index in [0.717, 1.165) is 38.4 Å². The molecule has 1 fully saturated rings. The molecule has 0 atom stereocenters. The zero-order chi connectivity index (χ0) is 28.1. The molecule has 2 N–H and O–H groups in total. The van der Waals surface area contributed by atoms with Crippen LogP contribution in [0.25, 0.3) is 11.3 Å². The Balaban J connectivity index is 1.36. The topological polar surface area (TPSA) is 113 Å². The van der Waals surface area contributed by atoms with Gasteiger partial charge in [0.05, 0.1) is 47.5 Å². The van der Waals surface area contributed by atoms with Gasteiger partial charge in [0.25, 0.3) is 0 Å². The van der Waals surface area contributed by atoms with Crippen LogP contribution in [0.1, 0.15) is 6.92 Å². The molecule has 0 saturated carbocycles. The molecule has 208 valence electrons. The summed E-state index contributed by atoms with van der Waals surface area (Å²) in [7, 11) is 3.11. The van der Waals surface area contributed by atoms with Gasteiger partial charge in [-0.25, -0.2) is 24.9 Å². The lowest BCUT2D eigenvalue weighted by Crippen LogP contribution is -2.46. The Morgan fingerprint density at radius 3 is 2.40 bits per heavy atom. The van der Waals surface area contributed by atoms with Crippen LogP contribution in [0.5, 0.6) is 11.5 Å². The number of aromatic nitrogens is 5. The molecule has 1 aliphatic heterocycles. The van der Waals surface area contributed by atoms with Crippen LogP contribution in [0.4, 0.5) is 28.8 Å². The summed E-state index contributed by atoms with van der Waals surface area (Å²) in [6.07, 6.45) is 6.49. The molecule has 3 aromatic heterocycles. The van der Waals surface area contributed by atoms with Crippen molar-refractivity contribution in [1.29, 1.82) is 0 Å². The zero-order valence-corrected chi connectivity index (χ0v) is 24.7. The number of benzene rings is 1. The quantitative estimate of drug-likeness (QED) is 0.249. The minimum atomic E-state index is 0.367. The van der Waals surface area contributed by atoms with Crippen LogP contribution in [-0.4, -0.2) is 76.8 Å². The normalized spacial score (nSPS) is 13.7. The molecule has 4 aromatic rings. The number of hydrogen-bond acceptors (Lipinski definition) is 11. The second kappa shape index (κ2) is 12.6. The number of hydrogen-bond donors (Lipinski definition) is 2. The van der Waals surface area contributed by atoms with Crippen LogP contribution in [0, 0.1) is 0 Å². The summed E-state index contributed by atoms with van der Waals surface area (Å²) in [5.74, 6) is 2.76. The number of rotatable bonds is 9. The minimum absolute atomic E-state index is 0.367. The number of anilines is 5. The van der Waals surface area contributed by atoms with Crippen molar-refractivity contribution in [3.05, 3.63) is 58.8 Å². The Morgan fingerprint density at radius 2 is 1.70 bits per heavy atom. The van der Waals surface area contributed by atoms with Crippen molar-refractivity contribution >= 4 is 56.4 Å². The fraction of sp³-hybridized carbons (Fsp3) is 0.296. The lowest BCUT2D eigenvalue weighted by molar-refractivity contribution is 0.271. The molecule has 0 bridgehead atoms. The van der Waals surface area contributed by atoms with Crippen LogP contribution < -0.4 is 25.0 Å². The van der Waals surface area contributed by atoms with Crippen molar-refractivity contribution in [1.82, 2.24) is 29.8 Å². The van der Waals surface area contributed by atoms with Crippen LogP contribution in [0.15, 0.2) is 53.8 Å². The van der Waals surface area contributed by atoms with Crippen molar-refractivity contribution in [2.24, 2.45) is 0 Å². The number of pyridine rings is 1. The number of nitrogens with one attached hydrogen (secondary N) is 2. The molecule has 0 amide bonds. The molecule has 0 radical (unpaired) electrons. The highest BCUT2D eigenvalue weighted by molar-refractivity contribution is 9.10. The molecule has 13 heteroatoms. The molecule has 4 heterocycles. The summed E-state index contributed by atoms with van der Waals surface area (Å²) >= 11 is 10.2. The first-order chi connectivity index (χ1) is 19.5. The Hall–Kier alpha value is -3.74. The number of ether oxygens (including phenoxy) is 2. The van der Waals surface area contributed by atoms with Crippen LogP contribution in [0.2, 0.25) is 5.02 Å². The van der Waals surface area contributed by atoms with Gasteiger partial charge < -0.3 is 29.9 Å². The standard InChI is InChI=1S/C27H29BrClN9O2/c1-4-37-7-9-38(10-8-37)17-5-6-22(31-13-17)35-23-11-19(32-16-33-23)18-14-30-15-34-27(18)36-26-24(28)20(39-2)12-21(40-3)25(26)29/h5-6,11-16H,4,7-10H2,1-3H3,(H,30,34,36)(H,31,32,33,35). The zero-order valence-electron chi connectivity index (χ0n) is 22.4. The Bertz CT molecular complexity index is 1440. The molecule has 11 nitrogen and oxygen atoms in total. The fourth-order valence-corrected chi connectivity index (χ4v) is 5.37.